The lowest BCUT2D eigenvalue weighted by molar-refractivity contribution is -0.384. The zero-order valence-electron chi connectivity index (χ0n) is 44.4. The number of carbonyl (C=O) groups is 1. The summed E-state index contributed by atoms with van der Waals surface area (Å²) in [7, 11) is 1.44. The highest BCUT2D eigenvalue weighted by Gasteiger charge is 2.52. The third-order valence-electron chi connectivity index (χ3n) is 15.3. The highest BCUT2D eigenvalue weighted by molar-refractivity contribution is 7.89. The van der Waals surface area contributed by atoms with Crippen molar-refractivity contribution in [2.24, 2.45) is 17.8 Å². The van der Waals surface area contributed by atoms with Crippen LogP contribution in [0.4, 0.5) is 5.69 Å². The summed E-state index contributed by atoms with van der Waals surface area (Å²) in [6.45, 7) is 19.0. The van der Waals surface area contributed by atoms with Crippen LogP contribution in [0.5, 0.6) is 0 Å². The minimum Gasteiger partial charge on any atom is -0.459 e. The summed E-state index contributed by atoms with van der Waals surface area (Å²) < 4.78 is 68.1. The number of benzene rings is 1. The second-order valence-corrected chi connectivity index (χ2v) is 23.2. The fraction of sp³-hybridized carbons (Fsp3) is 0.816. The number of non-ortho nitro benzene ring substituents is 1. The molecule has 4 heterocycles. The molecule has 0 amide bonds. The topological polar surface area (TPSA) is 280 Å². The fourth-order valence-corrected chi connectivity index (χ4v) is 11.8. The molecular formula is C49H83N7O15S. The maximum atomic E-state index is 14.5. The predicted octanol–water partition coefficient (Wildman–Crippen LogP) is 3.02. The lowest BCUT2D eigenvalue weighted by Crippen LogP contribution is -2.59. The number of nitrogens with zero attached hydrogens (tertiary/aromatic N) is 6. The molecule has 0 unspecified atom stereocenters. The molecule has 1 aromatic heterocycles. The maximum Gasteiger partial charge on any atom is 0.311 e. The van der Waals surface area contributed by atoms with Crippen LogP contribution in [0.25, 0.3) is 0 Å². The van der Waals surface area contributed by atoms with Crippen molar-refractivity contribution in [3.8, 4) is 0 Å². The predicted molar refractivity (Wildman–Crippen MR) is 264 cm³/mol. The zero-order chi connectivity index (χ0) is 53.7. The summed E-state index contributed by atoms with van der Waals surface area (Å²) in [5, 5.41) is 66.8. The Morgan fingerprint density at radius 1 is 0.986 bits per heavy atom. The van der Waals surface area contributed by atoms with Crippen LogP contribution in [-0.2, 0) is 56.2 Å². The van der Waals surface area contributed by atoms with Crippen LogP contribution in [0, 0.1) is 27.9 Å². The van der Waals surface area contributed by atoms with Gasteiger partial charge in [0.05, 0.1) is 63.6 Å². The van der Waals surface area contributed by atoms with E-state index in [2.05, 4.69) is 19.9 Å². The number of aliphatic hydroxyl groups is 4. The molecule has 0 aliphatic carbocycles. The van der Waals surface area contributed by atoms with Gasteiger partial charge in [-0.1, -0.05) is 26.0 Å². The van der Waals surface area contributed by atoms with Crippen LogP contribution in [0.15, 0.2) is 35.4 Å². The Bertz CT molecular complexity index is 2190. The van der Waals surface area contributed by atoms with Crippen molar-refractivity contribution in [3.05, 3.63) is 46.3 Å². The maximum absolute atomic E-state index is 14.5. The monoisotopic (exact) mass is 1040 g/mol. The lowest BCUT2D eigenvalue weighted by Gasteiger charge is -2.48. The SMILES string of the molecule is CC[C@H]1OC(=O)[C@H](C)[C@@H](O[C@H]2C[C@@](C)(OC)[C@@H](O)[C@H](C)O2)[C@H](C)[C@@H](O[C@H]2C[C@@H](N(C)CCc3cn(CCNS(=O)(=O)c4ccc([N+](=O)[O-])cc4)nn3)C[C@@H](C)O2)[C@](C)(O)C[C@@H](C)CN(C)[C@H](C)[C@@H](O)[C@]1(C)O. The first-order valence-corrected chi connectivity index (χ1v) is 26.7. The fourth-order valence-electron chi connectivity index (χ4n) is 10.8. The molecule has 3 saturated heterocycles. The Morgan fingerprint density at radius 2 is 1.65 bits per heavy atom. The molecule has 0 spiro atoms. The van der Waals surface area contributed by atoms with Crippen molar-refractivity contribution < 1.29 is 67.0 Å². The van der Waals surface area contributed by atoms with E-state index in [-0.39, 0.29) is 61.0 Å². The van der Waals surface area contributed by atoms with E-state index in [0.29, 0.717) is 38.0 Å². The van der Waals surface area contributed by atoms with E-state index in [1.165, 1.54) is 26.2 Å². The van der Waals surface area contributed by atoms with Crippen LogP contribution in [-0.4, -0.2) is 190 Å². The number of carbonyl (C=O) groups excluding carboxylic acids is 1. The highest BCUT2D eigenvalue weighted by Crippen LogP contribution is 2.40. The van der Waals surface area contributed by atoms with Crippen LogP contribution in [0.3, 0.4) is 0 Å². The Morgan fingerprint density at radius 3 is 2.28 bits per heavy atom. The summed E-state index contributed by atoms with van der Waals surface area (Å²) in [6.07, 6.45) is -4.16. The number of nitrogens with one attached hydrogen (secondary N) is 1. The molecule has 5 N–H and O–H groups in total. The number of aromatic nitrogens is 3. The van der Waals surface area contributed by atoms with Gasteiger partial charge in [0.15, 0.2) is 12.6 Å². The minimum absolute atomic E-state index is 0.0124. The van der Waals surface area contributed by atoms with Crippen LogP contribution >= 0.6 is 0 Å². The molecule has 3 fully saturated rings. The number of ether oxygens (including phenoxy) is 6. The first-order chi connectivity index (χ1) is 33.5. The summed E-state index contributed by atoms with van der Waals surface area (Å²) in [4.78, 5) is 28.9. The van der Waals surface area contributed by atoms with Gasteiger partial charge in [0.2, 0.25) is 10.0 Å². The quantitative estimate of drug-likeness (QED) is 0.0918. The van der Waals surface area contributed by atoms with E-state index in [1.54, 1.807) is 52.4 Å². The highest BCUT2D eigenvalue weighted by atomic mass is 32.2. The number of esters is 1. The number of cyclic esters (lactones) is 1. The average molecular weight is 1040 g/mol. The average Bonchev–Trinajstić information content (AvgIpc) is 3.78. The number of likely N-dealkylation sites (N-methyl/N-ethyl adjacent to an activating group) is 2. The molecular weight excluding hydrogens is 959 g/mol. The van der Waals surface area contributed by atoms with E-state index in [9.17, 15) is 43.8 Å². The normalized spacial score (nSPS) is 38.2. The van der Waals surface area contributed by atoms with Crippen molar-refractivity contribution >= 4 is 21.7 Å². The van der Waals surface area contributed by atoms with Gasteiger partial charge < -0.3 is 58.6 Å². The van der Waals surface area contributed by atoms with Gasteiger partial charge in [0, 0.05) is 82.3 Å². The van der Waals surface area contributed by atoms with Crippen LogP contribution in [0.2, 0.25) is 0 Å². The molecule has 72 heavy (non-hydrogen) atoms. The third-order valence-corrected chi connectivity index (χ3v) is 16.8. The van der Waals surface area contributed by atoms with Crippen molar-refractivity contribution in [2.75, 3.05) is 40.8 Å². The second-order valence-electron chi connectivity index (χ2n) is 21.4. The number of methoxy groups -OCH3 is 1. The van der Waals surface area contributed by atoms with Crippen molar-refractivity contribution in [1.29, 1.82) is 0 Å². The Kier molecular flexibility index (Phi) is 20.3. The van der Waals surface area contributed by atoms with Crippen molar-refractivity contribution in [2.45, 2.75) is 203 Å². The summed E-state index contributed by atoms with van der Waals surface area (Å²) in [5.74, 6) is -2.62. The number of aliphatic hydroxyl groups excluding tert-OH is 2. The molecule has 17 atom stereocenters. The van der Waals surface area contributed by atoms with E-state index in [4.69, 9.17) is 28.4 Å². The first-order valence-electron chi connectivity index (χ1n) is 25.2. The number of rotatable bonds is 16. The van der Waals surface area contributed by atoms with Gasteiger partial charge in [0.25, 0.3) is 5.69 Å². The van der Waals surface area contributed by atoms with Gasteiger partial charge in [-0.15, -0.1) is 5.10 Å². The van der Waals surface area contributed by atoms with Crippen molar-refractivity contribution in [3.63, 3.8) is 0 Å². The Hall–Kier alpha value is -3.30. The molecule has 0 saturated carbocycles. The van der Waals surface area contributed by atoms with Gasteiger partial charge in [-0.05, 0) is 99.9 Å². The third kappa shape index (κ3) is 14.5. The zero-order valence-corrected chi connectivity index (χ0v) is 45.2. The Labute approximate surface area is 425 Å². The number of hydrogen-bond acceptors (Lipinski definition) is 19. The van der Waals surface area contributed by atoms with E-state index in [1.807, 2.05) is 39.8 Å². The molecule has 3 aliphatic heterocycles. The molecule has 410 valence electrons. The number of nitro groups is 1. The van der Waals surface area contributed by atoms with Gasteiger partial charge in [-0.2, -0.15) is 0 Å². The van der Waals surface area contributed by atoms with Crippen molar-refractivity contribution in [1.82, 2.24) is 29.5 Å². The van der Waals surface area contributed by atoms with Crippen LogP contribution < -0.4 is 4.72 Å². The molecule has 22 nitrogen and oxygen atoms in total. The van der Waals surface area contributed by atoms with E-state index >= 15 is 0 Å². The molecule has 1 aromatic carbocycles. The summed E-state index contributed by atoms with van der Waals surface area (Å²) in [6, 6.07) is 4.04. The number of nitro benzene ring substituents is 1. The van der Waals surface area contributed by atoms with E-state index < -0.39 is 105 Å². The summed E-state index contributed by atoms with van der Waals surface area (Å²) in [5.41, 5.74) is -3.95. The second kappa shape index (κ2) is 24.6. The molecule has 2 aromatic rings. The first kappa shape index (κ1) is 59.6. The largest absolute Gasteiger partial charge is 0.459 e. The molecule has 5 rings (SSSR count). The Balaban J connectivity index is 1.36. The number of sulfonamides is 1. The van der Waals surface area contributed by atoms with Gasteiger partial charge in [0.1, 0.15) is 23.9 Å². The molecule has 0 radical (unpaired) electrons. The van der Waals surface area contributed by atoms with Gasteiger partial charge in [-0.25, -0.2) is 13.1 Å². The molecule has 23 heteroatoms. The van der Waals surface area contributed by atoms with Gasteiger partial charge in [-0.3, -0.25) is 19.6 Å². The van der Waals surface area contributed by atoms with Gasteiger partial charge >= 0.3 is 5.97 Å². The standard InChI is InChI=1S/C49H83N7O15S/c1-14-39-49(10,61)43(57)33(6)54(12)27-29(2)25-47(8,60)45(31(4)42(32(5)46(59)69-39)70-41-26-48(9,66-13)44(58)34(7)68-41)71-40-24-37(23-30(3)67-40)53(11)21-19-35-28-55(52-51-35)22-20-50-72(64,65)38-17-15-36(16-18-38)56(62)63/h15-18,28-34,37,39-45,50,57-58,60-61H,14,19-27H2,1-13H3/t29-,30-,31+,32-,33-,34+,37+,39-,40+,41+,42+,43-,44+,45-,47-,48-,49-/m1/s1. The smallest absolute Gasteiger partial charge is 0.311 e. The summed E-state index contributed by atoms with van der Waals surface area (Å²) >= 11 is 0. The molecule has 0 bridgehead atoms. The van der Waals surface area contributed by atoms with E-state index in [0.717, 1.165) is 12.1 Å². The van der Waals surface area contributed by atoms with Crippen LogP contribution in [0.1, 0.15) is 107 Å². The minimum atomic E-state index is -3.91. The number of hydrogen-bond donors (Lipinski definition) is 5. The molecule has 3 aliphatic rings. The lowest BCUT2D eigenvalue weighted by atomic mass is 9.77.